The van der Waals surface area contributed by atoms with Crippen molar-refractivity contribution in [3.8, 4) is 11.3 Å². The highest BCUT2D eigenvalue weighted by Crippen LogP contribution is 2.24. The van der Waals surface area contributed by atoms with Gasteiger partial charge in [0.15, 0.2) is 5.69 Å². The minimum Gasteiger partial charge on any atom is -0.859 e. The third-order valence-corrected chi connectivity index (χ3v) is 4.72. The molecule has 6 heteroatoms. The van der Waals surface area contributed by atoms with Crippen molar-refractivity contribution in [1.82, 2.24) is 4.57 Å². The van der Waals surface area contributed by atoms with E-state index in [-0.39, 0.29) is 30.7 Å². The largest absolute Gasteiger partial charge is 0.859 e. The first-order valence-corrected chi connectivity index (χ1v) is 8.83. The van der Waals surface area contributed by atoms with Crippen molar-refractivity contribution in [3.63, 3.8) is 0 Å². The Hall–Kier alpha value is -2.66. The smallest absolute Gasteiger partial charge is 0.257 e. The molecule has 0 amide bonds. The van der Waals surface area contributed by atoms with Gasteiger partial charge in [0.25, 0.3) is 5.82 Å². The molecule has 1 aliphatic heterocycles. The molecule has 3 aromatic rings. The first-order valence-electron chi connectivity index (χ1n) is 8.83. The van der Waals surface area contributed by atoms with E-state index in [1.807, 2.05) is 41.1 Å². The summed E-state index contributed by atoms with van der Waals surface area (Å²) >= 11 is 0. The SMILES string of the molecule is Cl.[O-]C(C[n+]1cc(-c2ccc(F)cc2)n2c1CCC2)=NCc1ccccc1. The van der Waals surface area contributed by atoms with E-state index in [9.17, 15) is 9.50 Å². The molecule has 1 aromatic heterocycles. The second kappa shape index (κ2) is 8.35. The number of benzene rings is 2. The molecule has 27 heavy (non-hydrogen) atoms. The Morgan fingerprint density at radius 2 is 1.85 bits per heavy atom. The second-order valence-electron chi connectivity index (χ2n) is 6.52. The third kappa shape index (κ3) is 4.19. The minimum atomic E-state index is -0.246. The lowest BCUT2D eigenvalue weighted by Crippen LogP contribution is -2.44. The minimum absolute atomic E-state index is 0. The maximum atomic E-state index is 13.2. The van der Waals surface area contributed by atoms with E-state index in [2.05, 4.69) is 9.56 Å². The van der Waals surface area contributed by atoms with Gasteiger partial charge in [-0.25, -0.2) is 13.5 Å². The normalized spacial score (nSPS) is 13.3. The number of rotatable bonds is 5. The molecule has 0 unspecified atom stereocenters. The van der Waals surface area contributed by atoms with Crippen LogP contribution in [0.15, 0.2) is 65.8 Å². The van der Waals surface area contributed by atoms with Gasteiger partial charge in [0, 0.05) is 11.5 Å². The van der Waals surface area contributed by atoms with E-state index in [0.29, 0.717) is 6.54 Å². The monoisotopic (exact) mass is 385 g/mol. The van der Waals surface area contributed by atoms with Gasteiger partial charge in [-0.2, -0.15) is 0 Å². The summed E-state index contributed by atoms with van der Waals surface area (Å²) in [6.45, 7) is 1.56. The van der Waals surface area contributed by atoms with Crippen molar-refractivity contribution in [2.45, 2.75) is 32.5 Å². The Morgan fingerprint density at radius 1 is 1.11 bits per heavy atom. The average Bonchev–Trinajstić information content (AvgIpc) is 3.26. The van der Waals surface area contributed by atoms with Crippen LogP contribution in [0.2, 0.25) is 0 Å². The zero-order chi connectivity index (χ0) is 17.9. The van der Waals surface area contributed by atoms with Gasteiger partial charge in [-0.3, -0.25) is 4.99 Å². The van der Waals surface area contributed by atoms with Gasteiger partial charge in [-0.15, -0.1) is 12.4 Å². The van der Waals surface area contributed by atoms with Crippen LogP contribution in [0.5, 0.6) is 0 Å². The molecule has 0 radical (unpaired) electrons. The van der Waals surface area contributed by atoms with E-state index in [1.54, 1.807) is 12.1 Å². The van der Waals surface area contributed by atoms with Crippen LogP contribution >= 0.6 is 12.4 Å². The molecule has 4 nitrogen and oxygen atoms in total. The number of nitrogens with zero attached hydrogens (tertiary/aromatic N) is 3. The van der Waals surface area contributed by atoms with Crippen LogP contribution in [0.1, 0.15) is 17.8 Å². The van der Waals surface area contributed by atoms with Crippen LogP contribution in [0, 0.1) is 5.82 Å². The Kier molecular flexibility index (Phi) is 5.91. The predicted molar refractivity (Wildman–Crippen MR) is 103 cm³/mol. The lowest BCUT2D eigenvalue weighted by Gasteiger charge is -2.09. The summed E-state index contributed by atoms with van der Waals surface area (Å²) in [5.74, 6) is 0.752. The quantitative estimate of drug-likeness (QED) is 0.378. The highest BCUT2D eigenvalue weighted by molar-refractivity contribution is 5.85. The molecule has 0 aliphatic carbocycles. The van der Waals surface area contributed by atoms with Crippen LogP contribution in [0.3, 0.4) is 0 Å². The molecule has 0 N–H and O–H groups in total. The summed E-state index contributed by atoms with van der Waals surface area (Å²) in [4.78, 5) is 4.19. The van der Waals surface area contributed by atoms with Gasteiger partial charge < -0.3 is 5.11 Å². The van der Waals surface area contributed by atoms with Crippen LogP contribution in [-0.4, -0.2) is 10.5 Å². The fourth-order valence-electron chi connectivity index (χ4n) is 3.46. The molecule has 0 atom stereocenters. The van der Waals surface area contributed by atoms with Crippen LogP contribution in [-0.2, 0) is 26.1 Å². The first kappa shape index (κ1) is 19.1. The van der Waals surface area contributed by atoms with Gasteiger partial charge in [0.1, 0.15) is 18.6 Å². The highest BCUT2D eigenvalue weighted by Gasteiger charge is 2.28. The molecular weight excluding hydrogens is 365 g/mol. The van der Waals surface area contributed by atoms with Crippen molar-refractivity contribution in [3.05, 3.63) is 78.0 Å². The van der Waals surface area contributed by atoms with E-state index in [4.69, 9.17) is 0 Å². The van der Waals surface area contributed by atoms with E-state index < -0.39 is 0 Å². The molecular formula is C21H21ClFN3O. The number of fused-ring (bicyclic) bond motifs is 1. The molecule has 0 bridgehead atoms. The topological polar surface area (TPSA) is 44.2 Å². The second-order valence-corrected chi connectivity index (χ2v) is 6.52. The predicted octanol–water partition coefficient (Wildman–Crippen LogP) is 2.91. The number of aromatic nitrogens is 2. The summed E-state index contributed by atoms with van der Waals surface area (Å²) in [6.07, 6.45) is 3.98. The Balaban J connectivity index is 0.00000210. The van der Waals surface area contributed by atoms with Crippen molar-refractivity contribution in [1.29, 1.82) is 0 Å². The Bertz CT molecular complexity index is 936. The lowest BCUT2D eigenvalue weighted by atomic mass is 10.1. The fourth-order valence-corrected chi connectivity index (χ4v) is 3.46. The van der Waals surface area contributed by atoms with Crippen molar-refractivity contribution < 1.29 is 14.1 Å². The molecule has 4 rings (SSSR count). The number of halogens is 2. The van der Waals surface area contributed by atoms with E-state index in [0.717, 1.165) is 42.0 Å². The molecule has 0 fully saturated rings. The van der Waals surface area contributed by atoms with Gasteiger partial charge >= 0.3 is 0 Å². The molecule has 2 aromatic carbocycles. The maximum absolute atomic E-state index is 13.2. The zero-order valence-electron chi connectivity index (χ0n) is 14.8. The summed E-state index contributed by atoms with van der Waals surface area (Å²) < 4.78 is 17.4. The molecule has 1 aliphatic rings. The summed E-state index contributed by atoms with van der Waals surface area (Å²) in [7, 11) is 0. The summed E-state index contributed by atoms with van der Waals surface area (Å²) in [5.41, 5.74) is 3.01. The fraction of sp³-hybridized carbons (Fsp3) is 0.238. The zero-order valence-corrected chi connectivity index (χ0v) is 15.7. The summed E-state index contributed by atoms with van der Waals surface area (Å²) in [6, 6.07) is 16.3. The number of imidazole rings is 1. The molecule has 140 valence electrons. The van der Waals surface area contributed by atoms with Gasteiger partial charge in [0.2, 0.25) is 0 Å². The standard InChI is InChI=1S/C21H20FN3O.ClH/c22-18-10-8-17(9-11-18)19-14-24(21-7-4-12-25(19)21)15-20(26)23-13-16-5-2-1-3-6-16;/h1-3,5-6,8-11,14H,4,7,12-13,15H2;1H. The molecule has 2 heterocycles. The number of hydrogen-bond acceptors (Lipinski definition) is 2. The van der Waals surface area contributed by atoms with Gasteiger partial charge in [0.05, 0.1) is 19.5 Å². The van der Waals surface area contributed by atoms with E-state index >= 15 is 0 Å². The number of hydrogen-bond donors (Lipinski definition) is 0. The first-order chi connectivity index (χ1) is 12.7. The Morgan fingerprint density at radius 3 is 2.59 bits per heavy atom. The van der Waals surface area contributed by atoms with Crippen LogP contribution in [0.4, 0.5) is 4.39 Å². The summed E-state index contributed by atoms with van der Waals surface area (Å²) in [5, 5.41) is 12.3. The van der Waals surface area contributed by atoms with Gasteiger partial charge in [-0.1, -0.05) is 30.3 Å². The maximum Gasteiger partial charge on any atom is 0.257 e. The van der Waals surface area contributed by atoms with E-state index in [1.165, 1.54) is 12.1 Å². The van der Waals surface area contributed by atoms with Crippen LogP contribution in [0.25, 0.3) is 11.3 Å². The van der Waals surface area contributed by atoms with Crippen molar-refractivity contribution in [2.75, 3.05) is 0 Å². The molecule has 0 spiro atoms. The van der Waals surface area contributed by atoms with Crippen molar-refractivity contribution >= 4 is 18.3 Å². The van der Waals surface area contributed by atoms with Crippen molar-refractivity contribution in [2.24, 2.45) is 4.99 Å². The van der Waals surface area contributed by atoms with Gasteiger partial charge in [-0.05, 0) is 36.2 Å². The number of aliphatic imine (C=N–C) groups is 1. The molecule has 0 saturated carbocycles. The van der Waals surface area contributed by atoms with Crippen LogP contribution < -0.4 is 9.67 Å². The average molecular weight is 386 g/mol. The third-order valence-electron chi connectivity index (χ3n) is 4.72. The highest BCUT2D eigenvalue weighted by atomic mass is 35.5. The Labute approximate surface area is 164 Å². The molecule has 0 saturated heterocycles. The lowest BCUT2D eigenvalue weighted by molar-refractivity contribution is -0.693.